The van der Waals surface area contributed by atoms with Gasteiger partial charge in [-0.2, -0.15) is 0 Å². The van der Waals surface area contributed by atoms with Crippen LogP contribution in [0.1, 0.15) is 19.8 Å². The molecule has 0 saturated carbocycles. The number of carbonyl (C=O) groups is 2. The second-order valence-corrected chi connectivity index (χ2v) is 11.1. The second kappa shape index (κ2) is 10.0. The smallest absolute Gasteiger partial charge is 0.225 e. The van der Waals surface area contributed by atoms with Gasteiger partial charge < -0.3 is 20.1 Å². The molecule has 2 N–H and O–H groups in total. The van der Waals surface area contributed by atoms with E-state index in [1.807, 2.05) is 6.92 Å². The van der Waals surface area contributed by atoms with Gasteiger partial charge in [-0.15, -0.1) is 11.8 Å². The van der Waals surface area contributed by atoms with Crippen LogP contribution in [0.15, 0.2) is 40.1 Å². The number of methoxy groups -OCH3 is 2. The maximum Gasteiger partial charge on any atom is 0.225 e. The van der Waals surface area contributed by atoms with Crippen LogP contribution in [-0.4, -0.2) is 45.5 Å². The lowest BCUT2D eigenvalue weighted by Crippen LogP contribution is -2.18. The molecule has 2 amide bonds. The van der Waals surface area contributed by atoms with Gasteiger partial charge in [0.2, 0.25) is 11.8 Å². The predicted molar refractivity (Wildman–Crippen MR) is 125 cm³/mol. The van der Waals surface area contributed by atoms with Gasteiger partial charge in [-0.1, -0.05) is 18.5 Å². The first-order valence-electron chi connectivity index (χ1n) is 9.67. The molecule has 0 bridgehead atoms. The standard InChI is InChI=1S/C21H23ClN2O6S2/c1-12-8-21(26)24-16-9-13(4-5-19(16)31-12)32(27,28)7-6-20(25)23-15-10-14(22)17(29-2)11-18(15)30-3/h4-5,9-12H,6-8H2,1-3H3,(H,23,25)(H,24,26)/t12-/m1/s1. The number of ether oxygens (including phenoxy) is 2. The van der Waals surface area contributed by atoms with E-state index in [1.54, 1.807) is 6.07 Å². The number of hydrogen-bond acceptors (Lipinski definition) is 7. The van der Waals surface area contributed by atoms with Crippen LogP contribution in [0.25, 0.3) is 0 Å². The van der Waals surface area contributed by atoms with Gasteiger partial charge in [0, 0.05) is 29.1 Å². The van der Waals surface area contributed by atoms with Gasteiger partial charge in [0.05, 0.1) is 41.3 Å². The Labute approximate surface area is 195 Å². The van der Waals surface area contributed by atoms with E-state index in [-0.39, 0.29) is 27.5 Å². The number of thioether (sulfide) groups is 1. The summed E-state index contributed by atoms with van der Waals surface area (Å²) in [4.78, 5) is 25.2. The zero-order valence-corrected chi connectivity index (χ0v) is 20.1. The summed E-state index contributed by atoms with van der Waals surface area (Å²) in [5.74, 6) is -0.366. The van der Waals surface area contributed by atoms with Crippen molar-refractivity contribution >= 4 is 56.4 Å². The number of carbonyl (C=O) groups excluding carboxylic acids is 2. The molecule has 11 heteroatoms. The predicted octanol–water partition coefficient (Wildman–Crippen LogP) is 3.98. The molecule has 1 aliphatic rings. The van der Waals surface area contributed by atoms with E-state index in [1.165, 1.54) is 50.2 Å². The Balaban J connectivity index is 1.71. The summed E-state index contributed by atoms with van der Waals surface area (Å²) >= 11 is 7.61. The molecule has 8 nitrogen and oxygen atoms in total. The fraction of sp³-hybridized carbons (Fsp3) is 0.333. The summed E-state index contributed by atoms with van der Waals surface area (Å²) < 4.78 is 36.0. The number of rotatable bonds is 7. The van der Waals surface area contributed by atoms with Crippen molar-refractivity contribution in [3.05, 3.63) is 35.4 Å². The number of halogens is 1. The van der Waals surface area contributed by atoms with Gasteiger partial charge in [0.1, 0.15) is 11.5 Å². The van der Waals surface area contributed by atoms with Crippen LogP contribution in [0.5, 0.6) is 11.5 Å². The molecule has 0 fully saturated rings. The Bertz CT molecular complexity index is 1150. The minimum Gasteiger partial charge on any atom is -0.495 e. The molecular formula is C21H23ClN2O6S2. The maximum atomic E-state index is 12.8. The molecule has 1 atom stereocenters. The highest BCUT2D eigenvalue weighted by Crippen LogP contribution is 2.37. The van der Waals surface area contributed by atoms with E-state index in [2.05, 4.69) is 10.6 Å². The van der Waals surface area contributed by atoms with Gasteiger partial charge in [0.25, 0.3) is 0 Å². The third-order valence-corrected chi connectivity index (χ3v) is 7.92. The summed E-state index contributed by atoms with van der Waals surface area (Å²) in [6.07, 6.45) is 0.0742. The number of benzene rings is 2. The van der Waals surface area contributed by atoms with E-state index in [0.717, 1.165) is 4.90 Å². The Morgan fingerprint density at radius 2 is 1.94 bits per heavy atom. The Morgan fingerprint density at radius 3 is 2.62 bits per heavy atom. The molecule has 0 aliphatic carbocycles. The minimum atomic E-state index is -3.76. The Hall–Kier alpha value is -2.43. The fourth-order valence-electron chi connectivity index (χ4n) is 3.14. The lowest BCUT2D eigenvalue weighted by atomic mass is 10.2. The number of nitrogens with one attached hydrogen (secondary N) is 2. The van der Waals surface area contributed by atoms with Crippen LogP contribution < -0.4 is 20.1 Å². The highest BCUT2D eigenvalue weighted by atomic mass is 35.5. The number of hydrogen-bond donors (Lipinski definition) is 2. The molecular weight excluding hydrogens is 476 g/mol. The first-order valence-corrected chi connectivity index (χ1v) is 12.6. The topological polar surface area (TPSA) is 111 Å². The number of amides is 2. The van der Waals surface area contributed by atoms with Gasteiger partial charge in [-0.05, 0) is 24.3 Å². The molecule has 0 radical (unpaired) electrons. The van der Waals surface area contributed by atoms with Crippen molar-refractivity contribution in [2.75, 3.05) is 30.6 Å². The van der Waals surface area contributed by atoms with Crippen molar-refractivity contribution < 1.29 is 27.5 Å². The largest absolute Gasteiger partial charge is 0.495 e. The highest BCUT2D eigenvalue weighted by Gasteiger charge is 2.23. The number of fused-ring (bicyclic) bond motifs is 1. The second-order valence-electron chi connectivity index (χ2n) is 7.14. The van der Waals surface area contributed by atoms with Crippen LogP contribution in [0.4, 0.5) is 11.4 Å². The summed E-state index contributed by atoms with van der Waals surface area (Å²) in [5.41, 5.74) is 0.770. The van der Waals surface area contributed by atoms with E-state index in [9.17, 15) is 18.0 Å². The maximum absolute atomic E-state index is 12.8. The molecule has 0 spiro atoms. The first kappa shape index (κ1) is 24.2. The molecule has 0 saturated heterocycles. The Morgan fingerprint density at radius 1 is 1.22 bits per heavy atom. The van der Waals surface area contributed by atoms with E-state index in [0.29, 0.717) is 29.3 Å². The van der Waals surface area contributed by atoms with E-state index >= 15 is 0 Å². The van der Waals surface area contributed by atoms with Crippen molar-refractivity contribution in [1.82, 2.24) is 0 Å². The number of anilines is 2. The third kappa shape index (κ3) is 5.67. The van der Waals surface area contributed by atoms with Crippen LogP contribution in [-0.2, 0) is 19.4 Å². The van der Waals surface area contributed by atoms with Crippen LogP contribution in [0.3, 0.4) is 0 Å². The molecule has 2 aromatic rings. The Kier molecular flexibility index (Phi) is 7.58. The van der Waals surface area contributed by atoms with Crippen LogP contribution in [0.2, 0.25) is 5.02 Å². The van der Waals surface area contributed by atoms with Gasteiger partial charge in [-0.3, -0.25) is 9.59 Å². The van der Waals surface area contributed by atoms with Crippen molar-refractivity contribution in [1.29, 1.82) is 0 Å². The highest BCUT2D eigenvalue weighted by molar-refractivity contribution is 8.00. The van der Waals surface area contributed by atoms with Crippen molar-refractivity contribution in [2.24, 2.45) is 0 Å². The summed E-state index contributed by atoms with van der Waals surface area (Å²) in [5, 5.41) is 5.73. The molecule has 1 aliphatic heterocycles. The van der Waals surface area contributed by atoms with Gasteiger partial charge >= 0.3 is 0 Å². The lowest BCUT2D eigenvalue weighted by molar-refractivity contribution is -0.116. The van der Waals surface area contributed by atoms with Crippen molar-refractivity contribution in [3.63, 3.8) is 0 Å². The van der Waals surface area contributed by atoms with Crippen molar-refractivity contribution in [2.45, 2.75) is 34.8 Å². The van der Waals surface area contributed by atoms with Crippen molar-refractivity contribution in [3.8, 4) is 11.5 Å². The molecule has 0 unspecified atom stereocenters. The monoisotopic (exact) mass is 498 g/mol. The normalized spacial score (nSPS) is 15.9. The molecule has 3 rings (SSSR count). The SMILES string of the molecule is COc1cc(OC)c(NC(=O)CCS(=O)(=O)c2ccc3c(c2)NC(=O)C[C@@H](C)S3)cc1Cl. The molecule has 172 valence electrons. The third-order valence-electron chi connectivity index (χ3n) is 4.73. The molecule has 32 heavy (non-hydrogen) atoms. The average molecular weight is 499 g/mol. The first-order chi connectivity index (χ1) is 15.1. The minimum absolute atomic E-state index is 0.0459. The lowest BCUT2D eigenvalue weighted by Gasteiger charge is -2.13. The van der Waals surface area contributed by atoms with Crippen LogP contribution in [0, 0.1) is 0 Å². The molecule has 0 aromatic heterocycles. The molecule has 2 aromatic carbocycles. The van der Waals surface area contributed by atoms with Gasteiger partial charge in [0.15, 0.2) is 9.84 Å². The van der Waals surface area contributed by atoms with E-state index < -0.39 is 21.5 Å². The molecule has 1 heterocycles. The van der Waals surface area contributed by atoms with Gasteiger partial charge in [-0.25, -0.2) is 8.42 Å². The number of sulfone groups is 1. The summed E-state index contributed by atoms with van der Waals surface area (Å²) in [6, 6.07) is 7.61. The quantitative estimate of drug-likeness (QED) is 0.593. The van der Waals surface area contributed by atoms with Crippen LogP contribution >= 0.6 is 23.4 Å². The summed E-state index contributed by atoms with van der Waals surface area (Å²) in [7, 11) is -0.872. The zero-order chi connectivity index (χ0) is 23.5. The average Bonchev–Trinajstić information content (AvgIpc) is 2.88. The summed E-state index contributed by atoms with van der Waals surface area (Å²) in [6.45, 7) is 1.94. The fourth-order valence-corrected chi connectivity index (χ4v) is 5.69. The zero-order valence-electron chi connectivity index (χ0n) is 17.7. The van der Waals surface area contributed by atoms with E-state index in [4.69, 9.17) is 21.1 Å².